The standard InChI is InChI=1S/C33H50N6O3/c1-6-24(2)26(12-13-27-11-9-17-34-25(27)3)10-7-8-18-39(20-21-41-5)19-16-30-33(40)42-28-14-15-29(37-30)32-31(35-22-28)23-36-38(32)4/h12-13,22-23,30,34-35H,6-11,14-21H2,1-5H3/b13-12-,26-24+,28-22-,37-29?/t30-/m0/s1. The van der Waals surface area contributed by atoms with Crippen LogP contribution in [0.4, 0.5) is 5.69 Å². The van der Waals surface area contributed by atoms with Crippen LogP contribution in [0.1, 0.15) is 84.3 Å². The van der Waals surface area contributed by atoms with Crippen LogP contribution in [0.25, 0.3) is 0 Å². The molecule has 4 rings (SSSR count). The Morgan fingerprint density at radius 2 is 2.10 bits per heavy atom. The van der Waals surface area contributed by atoms with Crippen LogP contribution in [0.3, 0.4) is 0 Å². The number of carbonyl (C=O) groups excluding carboxylic acids is 1. The van der Waals surface area contributed by atoms with E-state index in [0.29, 0.717) is 31.6 Å². The van der Waals surface area contributed by atoms with Crippen molar-refractivity contribution in [3.8, 4) is 0 Å². The first kappa shape index (κ1) is 31.8. The van der Waals surface area contributed by atoms with Crippen LogP contribution in [0, 0.1) is 0 Å². The maximum atomic E-state index is 13.1. The lowest BCUT2D eigenvalue weighted by Gasteiger charge is -2.26. The highest BCUT2D eigenvalue weighted by Gasteiger charge is 2.28. The summed E-state index contributed by atoms with van der Waals surface area (Å²) in [5.74, 6) is 0.363. The number of carbonyl (C=O) groups is 1. The van der Waals surface area contributed by atoms with Crippen molar-refractivity contribution in [2.75, 3.05) is 45.2 Å². The number of fused-ring (bicyclic) bond motifs is 5. The highest BCUT2D eigenvalue weighted by molar-refractivity contribution is 6.05. The molecule has 0 saturated heterocycles. The second-order valence-electron chi connectivity index (χ2n) is 11.6. The molecular formula is C33H50N6O3. The number of nitrogens with zero attached hydrogens (tertiary/aromatic N) is 4. The molecule has 2 N–H and O–H groups in total. The van der Waals surface area contributed by atoms with Gasteiger partial charge in [-0.15, -0.1) is 0 Å². The second kappa shape index (κ2) is 15.9. The Labute approximate surface area is 251 Å². The number of aryl methyl sites for hydroxylation is 1. The lowest BCUT2D eigenvalue weighted by atomic mass is 9.98. The Morgan fingerprint density at radius 1 is 1.24 bits per heavy atom. The van der Waals surface area contributed by atoms with Gasteiger partial charge in [-0.2, -0.15) is 5.10 Å². The third-order valence-corrected chi connectivity index (χ3v) is 8.58. The van der Waals surface area contributed by atoms with E-state index in [0.717, 1.165) is 75.4 Å². The molecule has 0 fully saturated rings. The van der Waals surface area contributed by atoms with E-state index in [1.54, 1.807) is 19.5 Å². The first-order chi connectivity index (χ1) is 20.4. The zero-order chi connectivity index (χ0) is 29.9. The van der Waals surface area contributed by atoms with Gasteiger partial charge in [0.1, 0.15) is 17.5 Å². The van der Waals surface area contributed by atoms with Crippen LogP contribution >= 0.6 is 0 Å². The van der Waals surface area contributed by atoms with Crippen LogP contribution in [0.15, 0.2) is 57.7 Å². The van der Waals surface area contributed by atoms with Gasteiger partial charge in [-0.25, -0.2) is 4.79 Å². The normalized spacial score (nSPS) is 20.9. The van der Waals surface area contributed by atoms with Crippen molar-refractivity contribution in [3.63, 3.8) is 0 Å². The predicted octanol–water partition coefficient (Wildman–Crippen LogP) is 5.63. The van der Waals surface area contributed by atoms with Crippen molar-refractivity contribution >= 4 is 17.4 Å². The van der Waals surface area contributed by atoms with Crippen LogP contribution in [-0.2, 0) is 21.3 Å². The molecule has 230 valence electrons. The molecule has 9 heteroatoms. The molecule has 1 atom stereocenters. The summed E-state index contributed by atoms with van der Waals surface area (Å²) in [6, 6.07) is -0.548. The summed E-state index contributed by atoms with van der Waals surface area (Å²) in [4.78, 5) is 20.5. The number of allylic oxidation sites excluding steroid dienone is 7. The molecule has 0 amide bonds. The average molecular weight is 579 g/mol. The zero-order valence-corrected chi connectivity index (χ0v) is 26.3. The van der Waals surface area contributed by atoms with E-state index in [1.165, 1.54) is 28.8 Å². The molecule has 0 spiro atoms. The number of hydrogen-bond acceptors (Lipinski definition) is 8. The molecule has 1 aromatic rings. The SMILES string of the molecule is CC/C(C)=C(/C=C\C1=C(C)NCCC1)CCCCN(CCOC)CC[C@@H]1N=C2CC/C(=C/Nc3cnn(C)c32)OC1=O. The maximum absolute atomic E-state index is 13.1. The van der Waals surface area contributed by atoms with Gasteiger partial charge in [0.2, 0.25) is 0 Å². The van der Waals surface area contributed by atoms with Crippen molar-refractivity contribution < 1.29 is 14.3 Å². The fourth-order valence-corrected chi connectivity index (χ4v) is 5.75. The van der Waals surface area contributed by atoms with Crippen LogP contribution in [0.2, 0.25) is 0 Å². The number of hydrogen-bond donors (Lipinski definition) is 2. The highest BCUT2D eigenvalue weighted by atomic mass is 16.5. The molecule has 4 heterocycles. The Balaban J connectivity index is 1.37. The fraction of sp³-hybridized carbons (Fsp3) is 0.606. The van der Waals surface area contributed by atoms with E-state index < -0.39 is 6.04 Å². The largest absolute Gasteiger partial charge is 0.428 e. The van der Waals surface area contributed by atoms with Crippen molar-refractivity contribution in [1.29, 1.82) is 0 Å². The van der Waals surface area contributed by atoms with E-state index >= 15 is 0 Å². The van der Waals surface area contributed by atoms with E-state index in [2.05, 4.69) is 53.6 Å². The summed E-state index contributed by atoms with van der Waals surface area (Å²) in [5, 5.41) is 11.1. The van der Waals surface area contributed by atoms with Gasteiger partial charge in [0.25, 0.3) is 0 Å². The summed E-state index contributed by atoms with van der Waals surface area (Å²) >= 11 is 0. The summed E-state index contributed by atoms with van der Waals surface area (Å²) in [6.07, 6.45) is 16.9. The molecule has 2 bridgehead atoms. The summed E-state index contributed by atoms with van der Waals surface area (Å²) in [6.45, 7) is 11.0. The third kappa shape index (κ3) is 8.67. The number of aliphatic imine (C=N–C) groups is 1. The molecular weight excluding hydrogens is 528 g/mol. The molecule has 0 saturated carbocycles. The van der Waals surface area contributed by atoms with Crippen molar-refractivity contribution in [1.82, 2.24) is 20.0 Å². The minimum Gasteiger partial charge on any atom is -0.428 e. The first-order valence-corrected chi connectivity index (χ1v) is 15.7. The van der Waals surface area contributed by atoms with Crippen LogP contribution in [-0.4, -0.2) is 72.3 Å². The number of esters is 1. The van der Waals surface area contributed by atoms with Gasteiger partial charge in [0.15, 0.2) is 0 Å². The average Bonchev–Trinajstić information content (AvgIpc) is 3.34. The number of anilines is 1. The molecule has 9 nitrogen and oxygen atoms in total. The number of ether oxygens (including phenoxy) is 2. The summed E-state index contributed by atoms with van der Waals surface area (Å²) in [7, 11) is 3.65. The zero-order valence-electron chi connectivity index (χ0n) is 26.3. The molecule has 3 aliphatic heterocycles. The number of methoxy groups -OCH3 is 1. The molecule has 0 radical (unpaired) electrons. The lowest BCUT2D eigenvalue weighted by Crippen LogP contribution is -2.35. The highest BCUT2D eigenvalue weighted by Crippen LogP contribution is 2.27. The number of nitrogens with one attached hydrogen (secondary N) is 2. The molecule has 1 aromatic heterocycles. The van der Waals surface area contributed by atoms with E-state index in [-0.39, 0.29) is 5.97 Å². The van der Waals surface area contributed by atoms with Crippen LogP contribution in [0.5, 0.6) is 0 Å². The fourth-order valence-electron chi connectivity index (χ4n) is 5.75. The van der Waals surface area contributed by atoms with Gasteiger partial charge >= 0.3 is 5.97 Å². The van der Waals surface area contributed by atoms with Crippen molar-refractivity contribution in [3.05, 3.63) is 58.4 Å². The quantitative estimate of drug-likeness (QED) is 0.168. The number of aromatic nitrogens is 2. The summed E-state index contributed by atoms with van der Waals surface area (Å²) < 4.78 is 13.0. The van der Waals surface area contributed by atoms with Gasteiger partial charge in [0, 0.05) is 52.1 Å². The Morgan fingerprint density at radius 3 is 2.88 bits per heavy atom. The Hall–Kier alpha value is -3.17. The summed E-state index contributed by atoms with van der Waals surface area (Å²) in [5.41, 5.74) is 8.39. The minimum atomic E-state index is -0.548. The van der Waals surface area contributed by atoms with Gasteiger partial charge in [0.05, 0.1) is 24.2 Å². The van der Waals surface area contributed by atoms with Crippen LogP contribution < -0.4 is 10.6 Å². The minimum absolute atomic E-state index is 0.285. The number of rotatable bonds is 14. The molecule has 0 unspecified atom stereocenters. The smallest absolute Gasteiger partial charge is 0.336 e. The van der Waals surface area contributed by atoms with Gasteiger partial charge in [-0.05, 0) is 82.9 Å². The molecule has 3 aliphatic rings. The lowest BCUT2D eigenvalue weighted by molar-refractivity contribution is -0.141. The van der Waals surface area contributed by atoms with E-state index in [9.17, 15) is 4.79 Å². The second-order valence-corrected chi connectivity index (χ2v) is 11.6. The van der Waals surface area contributed by atoms with Gasteiger partial charge in [-0.3, -0.25) is 9.67 Å². The van der Waals surface area contributed by atoms with E-state index in [4.69, 9.17) is 14.5 Å². The van der Waals surface area contributed by atoms with Gasteiger partial charge < -0.3 is 25.0 Å². The van der Waals surface area contributed by atoms with Crippen molar-refractivity contribution in [2.45, 2.75) is 84.6 Å². The predicted molar refractivity (Wildman–Crippen MR) is 169 cm³/mol. The molecule has 0 aliphatic carbocycles. The molecule has 0 aromatic carbocycles. The first-order valence-electron chi connectivity index (χ1n) is 15.7. The Kier molecular flexibility index (Phi) is 12.0. The van der Waals surface area contributed by atoms with Gasteiger partial charge in [-0.1, -0.05) is 24.6 Å². The number of unbranched alkanes of at least 4 members (excludes halogenated alkanes) is 1. The van der Waals surface area contributed by atoms with E-state index in [1.807, 2.05) is 11.7 Å². The monoisotopic (exact) mass is 578 g/mol. The molecule has 42 heavy (non-hydrogen) atoms. The van der Waals surface area contributed by atoms with Crippen molar-refractivity contribution in [2.24, 2.45) is 12.0 Å². The maximum Gasteiger partial charge on any atom is 0.336 e. The Bertz CT molecular complexity index is 1240. The topological polar surface area (TPSA) is 93.0 Å². The third-order valence-electron chi connectivity index (χ3n) is 8.58.